The third kappa shape index (κ3) is 2.46. The topological polar surface area (TPSA) is 98.3 Å². The van der Waals surface area contributed by atoms with Crippen LogP contribution in [0.3, 0.4) is 0 Å². The molecule has 0 aliphatic heterocycles. The van der Waals surface area contributed by atoms with Crippen molar-refractivity contribution in [3.8, 4) is 5.69 Å². The van der Waals surface area contributed by atoms with Crippen molar-refractivity contribution in [2.75, 3.05) is 0 Å². The molecule has 1 heterocycles. The number of carboxylic acid groups (broad SMARTS) is 1. The van der Waals surface area contributed by atoms with Crippen LogP contribution in [0.4, 0.5) is 5.69 Å². The van der Waals surface area contributed by atoms with Crippen LogP contribution in [0.1, 0.15) is 10.4 Å². The molecule has 94 valence electrons. The van der Waals surface area contributed by atoms with Crippen molar-refractivity contribution in [2.24, 2.45) is 0 Å². The lowest BCUT2D eigenvalue weighted by molar-refractivity contribution is -0.384. The molecule has 0 aliphatic carbocycles. The van der Waals surface area contributed by atoms with E-state index in [1.54, 1.807) is 6.20 Å². The van der Waals surface area contributed by atoms with Gasteiger partial charge in [0.2, 0.25) is 0 Å². The van der Waals surface area contributed by atoms with Gasteiger partial charge in [0.25, 0.3) is 5.69 Å². The van der Waals surface area contributed by atoms with Gasteiger partial charge >= 0.3 is 5.97 Å². The number of hydrogen-bond acceptors (Lipinski definition) is 4. The van der Waals surface area contributed by atoms with Crippen molar-refractivity contribution < 1.29 is 14.8 Å². The number of aromatic nitrogens is 2. The average Bonchev–Trinajstić information content (AvgIpc) is 2.81. The molecule has 1 N–H and O–H groups in total. The summed E-state index contributed by atoms with van der Waals surface area (Å²) in [7, 11) is 0. The zero-order chi connectivity index (χ0) is 12.4. The molecule has 0 amide bonds. The molecule has 1 aromatic carbocycles. The summed E-state index contributed by atoms with van der Waals surface area (Å²) in [5.74, 6) is -1.20. The smallest absolute Gasteiger partial charge is 0.335 e. The average molecular weight is 270 g/mol. The Labute approximate surface area is 107 Å². The van der Waals surface area contributed by atoms with Crippen LogP contribution in [0.5, 0.6) is 0 Å². The van der Waals surface area contributed by atoms with Gasteiger partial charge < -0.3 is 9.67 Å². The molecular formula is C10H8ClN3O4. The van der Waals surface area contributed by atoms with E-state index in [1.807, 2.05) is 0 Å². The summed E-state index contributed by atoms with van der Waals surface area (Å²) >= 11 is 0. The number of benzene rings is 1. The number of carbonyl (C=O) groups is 1. The van der Waals surface area contributed by atoms with E-state index in [4.69, 9.17) is 5.11 Å². The fourth-order valence-corrected chi connectivity index (χ4v) is 1.42. The van der Waals surface area contributed by atoms with Crippen LogP contribution in [-0.2, 0) is 0 Å². The second-order valence-corrected chi connectivity index (χ2v) is 3.24. The van der Waals surface area contributed by atoms with Gasteiger partial charge in [0, 0.05) is 18.5 Å². The molecule has 0 aliphatic rings. The Morgan fingerprint density at radius 1 is 1.44 bits per heavy atom. The third-order valence-corrected chi connectivity index (χ3v) is 2.20. The molecule has 0 fully saturated rings. The minimum absolute atomic E-state index is 0. The number of imidazole rings is 1. The van der Waals surface area contributed by atoms with Gasteiger partial charge in [0.1, 0.15) is 5.69 Å². The maximum absolute atomic E-state index is 10.9. The molecule has 1 aromatic heterocycles. The minimum Gasteiger partial charge on any atom is -0.478 e. The highest BCUT2D eigenvalue weighted by Crippen LogP contribution is 2.24. The van der Waals surface area contributed by atoms with Gasteiger partial charge in [-0.05, 0) is 12.1 Å². The number of rotatable bonds is 3. The van der Waals surface area contributed by atoms with Gasteiger partial charge in [-0.3, -0.25) is 10.1 Å². The first-order valence-electron chi connectivity index (χ1n) is 4.59. The number of halogens is 1. The van der Waals surface area contributed by atoms with E-state index in [0.717, 1.165) is 6.07 Å². The molecule has 7 nitrogen and oxygen atoms in total. The van der Waals surface area contributed by atoms with Crippen molar-refractivity contribution in [1.29, 1.82) is 0 Å². The first-order chi connectivity index (χ1) is 8.09. The zero-order valence-corrected chi connectivity index (χ0v) is 9.70. The predicted octanol–water partition coefficient (Wildman–Crippen LogP) is 1.90. The van der Waals surface area contributed by atoms with E-state index in [-0.39, 0.29) is 29.3 Å². The van der Waals surface area contributed by atoms with Crippen LogP contribution in [0.25, 0.3) is 5.69 Å². The largest absolute Gasteiger partial charge is 0.478 e. The Balaban J connectivity index is 0.00000162. The zero-order valence-electron chi connectivity index (χ0n) is 8.89. The number of aromatic carboxylic acids is 1. The van der Waals surface area contributed by atoms with Crippen LogP contribution >= 0.6 is 12.4 Å². The first-order valence-corrected chi connectivity index (χ1v) is 4.59. The van der Waals surface area contributed by atoms with Gasteiger partial charge in [-0.1, -0.05) is 0 Å². The molecule has 0 atom stereocenters. The lowest BCUT2D eigenvalue weighted by atomic mass is 10.1. The van der Waals surface area contributed by atoms with E-state index in [1.165, 1.54) is 29.2 Å². The van der Waals surface area contributed by atoms with Crippen LogP contribution in [0.15, 0.2) is 36.9 Å². The normalized spacial score (nSPS) is 9.56. The number of carboxylic acids is 1. The lowest BCUT2D eigenvalue weighted by Gasteiger charge is -2.04. The maximum atomic E-state index is 10.9. The second kappa shape index (κ2) is 5.28. The molecule has 0 bridgehead atoms. The highest BCUT2D eigenvalue weighted by molar-refractivity contribution is 5.89. The fourth-order valence-electron chi connectivity index (χ4n) is 1.42. The van der Waals surface area contributed by atoms with Gasteiger partial charge in [-0.25, -0.2) is 9.78 Å². The highest BCUT2D eigenvalue weighted by Gasteiger charge is 2.18. The monoisotopic (exact) mass is 269 g/mol. The first kappa shape index (κ1) is 13.7. The Morgan fingerprint density at radius 2 is 2.17 bits per heavy atom. The van der Waals surface area contributed by atoms with Crippen LogP contribution in [0, 0.1) is 10.1 Å². The Hall–Kier alpha value is -2.41. The van der Waals surface area contributed by atoms with Crippen LogP contribution < -0.4 is 0 Å². The molecule has 2 aromatic rings. The maximum Gasteiger partial charge on any atom is 0.335 e. The molecule has 0 spiro atoms. The molecule has 0 unspecified atom stereocenters. The van der Waals surface area contributed by atoms with E-state index in [9.17, 15) is 14.9 Å². The van der Waals surface area contributed by atoms with E-state index >= 15 is 0 Å². The SMILES string of the molecule is Cl.O=C(O)c1ccc(-n2ccnc2)c([N+](=O)[O-])c1. The highest BCUT2D eigenvalue weighted by atomic mass is 35.5. The Kier molecular flexibility index (Phi) is 4.01. The third-order valence-electron chi connectivity index (χ3n) is 2.20. The Morgan fingerprint density at radius 3 is 2.67 bits per heavy atom. The molecular weight excluding hydrogens is 262 g/mol. The van der Waals surface area contributed by atoms with Gasteiger partial charge in [0.05, 0.1) is 16.8 Å². The quantitative estimate of drug-likeness (QED) is 0.678. The summed E-state index contributed by atoms with van der Waals surface area (Å²) in [4.78, 5) is 24.8. The Bertz CT molecular complexity index is 583. The van der Waals surface area contributed by atoms with Crippen LogP contribution in [0.2, 0.25) is 0 Å². The summed E-state index contributed by atoms with van der Waals surface area (Å²) in [5, 5.41) is 19.6. The number of nitrogens with zero attached hydrogens (tertiary/aromatic N) is 3. The minimum atomic E-state index is -1.20. The van der Waals surface area contributed by atoms with Crippen molar-refractivity contribution in [3.05, 3.63) is 52.6 Å². The second-order valence-electron chi connectivity index (χ2n) is 3.24. The van der Waals surface area contributed by atoms with E-state index < -0.39 is 10.9 Å². The van der Waals surface area contributed by atoms with Crippen molar-refractivity contribution >= 4 is 24.1 Å². The predicted molar refractivity (Wildman–Crippen MR) is 64.4 cm³/mol. The van der Waals surface area contributed by atoms with Gasteiger partial charge in [-0.15, -0.1) is 12.4 Å². The van der Waals surface area contributed by atoms with Crippen molar-refractivity contribution in [1.82, 2.24) is 9.55 Å². The summed E-state index contributed by atoms with van der Waals surface area (Å²) in [6, 6.07) is 3.71. The van der Waals surface area contributed by atoms with Crippen molar-refractivity contribution in [3.63, 3.8) is 0 Å². The summed E-state index contributed by atoms with van der Waals surface area (Å²) < 4.78 is 1.45. The number of hydrogen-bond donors (Lipinski definition) is 1. The standard InChI is InChI=1S/C10H7N3O4.ClH/c14-10(15)7-1-2-8(9(5-7)13(16)17)12-4-3-11-6-12;/h1-6H,(H,14,15);1H. The summed E-state index contributed by atoms with van der Waals surface area (Å²) in [6.07, 6.45) is 4.43. The molecule has 8 heteroatoms. The number of nitro groups is 1. The summed E-state index contributed by atoms with van der Waals surface area (Å²) in [6.45, 7) is 0. The van der Waals surface area contributed by atoms with E-state index in [2.05, 4.69) is 4.98 Å². The fraction of sp³-hybridized carbons (Fsp3) is 0. The molecule has 0 radical (unpaired) electrons. The lowest BCUT2D eigenvalue weighted by Crippen LogP contribution is -2.02. The van der Waals surface area contributed by atoms with Crippen LogP contribution in [-0.4, -0.2) is 25.6 Å². The van der Waals surface area contributed by atoms with Gasteiger partial charge in [0.15, 0.2) is 0 Å². The molecule has 0 saturated carbocycles. The van der Waals surface area contributed by atoms with Crippen molar-refractivity contribution in [2.45, 2.75) is 0 Å². The summed E-state index contributed by atoms with van der Waals surface area (Å²) in [5.41, 5.74) is -0.124. The molecule has 0 saturated heterocycles. The van der Waals surface area contributed by atoms with Gasteiger partial charge in [-0.2, -0.15) is 0 Å². The van der Waals surface area contributed by atoms with E-state index in [0.29, 0.717) is 0 Å². The molecule has 18 heavy (non-hydrogen) atoms. The number of nitro benzene ring substituents is 1. The molecule has 2 rings (SSSR count).